The second kappa shape index (κ2) is 12.1. The van der Waals surface area contributed by atoms with Crippen LogP contribution < -0.4 is 4.74 Å². The number of hydrogen-bond donors (Lipinski definition) is 1. The molecule has 2 heterocycles. The number of nitrogens with one attached hydrogen (secondary N) is 1. The molecule has 1 unspecified atom stereocenters. The van der Waals surface area contributed by atoms with Crippen molar-refractivity contribution >= 4 is 22.8 Å². The minimum atomic E-state index is -1.08. The molecule has 3 aromatic carbocycles. The van der Waals surface area contributed by atoms with Gasteiger partial charge in [-0.15, -0.1) is 10.2 Å². The maximum absolute atomic E-state index is 14.1. The number of esters is 2. The number of ether oxygens (including phenoxy) is 3. The molecule has 0 saturated heterocycles. The molecule has 1 atom stereocenters. The molecule has 0 radical (unpaired) electrons. The fourth-order valence-electron chi connectivity index (χ4n) is 4.92. The van der Waals surface area contributed by atoms with Gasteiger partial charge in [-0.3, -0.25) is 4.79 Å². The Balaban J connectivity index is 1.37. The van der Waals surface area contributed by atoms with Crippen molar-refractivity contribution in [2.45, 2.75) is 59.7 Å². The zero-order chi connectivity index (χ0) is 31.7. The van der Waals surface area contributed by atoms with Crippen molar-refractivity contribution in [1.29, 1.82) is 0 Å². The van der Waals surface area contributed by atoms with E-state index >= 15 is 0 Å². The number of benzene rings is 3. The molecule has 0 aliphatic heterocycles. The van der Waals surface area contributed by atoms with Crippen LogP contribution in [0.25, 0.3) is 33.4 Å². The lowest BCUT2D eigenvalue weighted by atomic mass is 9.97. The van der Waals surface area contributed by atoms with Gasteiger partial charge in [-0.05, 0) is 68.2 Å². The molecule has 1 fully saturated rings. The predicted molar refractivity (Wildman–Crippen MR) is 168 cm³/mol. The van der Waals surface area contributed by atoms with E-state index < -0.39 is 23.6 Å². The number of nitrogens with zero attached hydrogens (tertiary/aromatic N) is 4. The lowest BCUT2D eigenvalue weighted by Gasteiger charge is -2.26. The summed E-state index contributed by atoms with van der Waals surface area (Å²) in [4.78, 5) is 31.7. The topological polar surface area (TPSA) is 129 Å². The van der Waals surface area contributed by atoms with Crippen LogP contribution in [0.15, 0.2) is 72.8 Å². The molecule has 1 aliphatic rings. The Kier molecular flexibility index (Phi) is 8.05. The van der Waals surface area contributed by atoms with Gasteiger partial charge in [-0.2, -0.15) is 5.21 Å². The van der Waals surface area contributed by atoms with Gasteiger partial charge in [0, 0.05) is 22.8 Å². The number of aromatic nitrogens is 5. The third kappa shape index (κ3) is 6.40. The Hall–Kier alpha value is -5.12. The normalized spacial score (nSPS) is 13.9. The van der Waals surface area contributed by atoms with Crippen molar-refractivity contribution in [2.75, 3.05) is 0 Å². The molecule has 1 aliphatic carbocycles. The van der Waals surface area contributed by atoms with Crippen LogP contribution in [0.4, 0.5) is 0 Å². The summed E-state index contributed by atoms with van der Waals surface area (Å²) in [6.45, 7) is 8.95. The average Bonchev–Trinajstić information content (AvgIpc) is 3.72. The highest BCUT2D eigenvalue weighted by Crippen LogP contribution is 2.47. The number of para-hydroxylation sites is 1. The molecular weight excluding hydrogens is 570 g/mol. The smallest absolute Gasteiger partial charge is 0.345 e. The van der Waals surface area contributed by atoms with E-state index in [0.29, 0.717) is 33.9 Å². The number of carbonyl (C=O) groups excluding carboxylic acids is 2. The molecule has 230 valence electrons. The Morgan fingerprint density at radius 1 is 0.889 bits per heavy atom. The number of tetrazole rings is 1. The Bertz CT molecular complexity index is 1840. The lowest BCUT2D eigenvalue weighted by Crippen LogP contribution is -2.34. The average molecular weight is 606 g/mol. The molecule has 10 heteroatoms. The van der Waals surface area contributed by atoms with Gasteiger partial charge >= 0.3 is 11.9 Å². The van der Waals surface area contributed by atoms with Crippen LogP contribution in [-0.2, 0) is 14.3 Å². The van der Waals surface area contributed by atoms with E-state index in [2.05, 4.69) is 20.6 Å². The van der Waals surface area contributed by atoms with Crippen LogP contribution in [0.5, 0.6) is 11.5 Å². The summed E-state index contributed by atoms with van der Waals surface area (Å²) in [5, 5.41) is 15.1. The second-order valence-electron chi connectivity index (χ2n) is 12.6. The molecular formula is C35H35N5O5. The SMILES string of the molecule is CC(C)C(OC(=O)c1c(Oc2ccc(-c3ccccc3-c3nn[nH]n3)cc2)c(C2CC2)nc2ccccc12)OC(=O)C(C)(C)C. The largest absolute Gasteiger partial charge is 0.455 e. The van der Waals surface area contributed by atoms with E-state index in [1.165, 1.54) is 0 Å². The number of fused-ring (bicyclic) bond motifs is 1. The maximum atomic E-state index is 14.1. The molecule has 0 bridgehead atoms. The van der Waals surface area contributed by atoms with Crippen LogP contribution in [0.1, 0.15) is 69.4 Å². The standard InChI is InChI=1S/C35H35N5O5/c1-20(2)33(45-34(42)35(3,4)5)44-32(41)28-26-12-8-9-13-27(26)36-29(22-14-15-22)30(28)43-23-18-16-21(17-19-23)24-10-6-7-11-25(24)31-37-39-40-38-31/h6-13,16-20,22,33H,14-15H2,1-5H3,(H,37,38,39,40). The van der Waals surface area contributed by atoms with Gasteiger partial charge in [0.25, 0.3) is 0 Å². The summed E-state index contributed by atoms with van der Waals surface area (Å²) in [7, 11) is 0. The van der Waals surface area contributed by atoms with Crippen molar-refractivity contribution < 1.29 is 23.8 Å². The van der Waals surface area contributed by atoms with Crippen molar-refractivity contribution in [3.05, 3.63) is 84.1 Å². The number of hydrogen-bond acceptors (Lipinski definition) is 9. The molecule has 45 heavy (non-hydrogen) atoms. The molecule has 10 nitrogen and oxygen atoms in total. The van der Waals surface area contributed by atoms with E-state index in [4.69, 9.17) is 19.2 Å². The summed E-state index contributed by atoms with van der Waals surface area (Å²) in [5.74, 6) is 0.175. The quantitative estimate of drug-likeness (QED) is 0.134. The van der Waals surface area contributed by atoms with Gasteiger partial charge in [0.15, 0.2) is 5.75 Å². The predicted octanol–water partition coefficient (Wildman–Crippen LogP) is 7.48. The highest BCUT2D eigenvalue weighted by Gasteiger charge is 2.36. The number of H-pyrrole nitrogens is 1. The summed E-state index contributed by atoms with van der Waals surface area (Å²) < 4.78 is 18.1. The van der Waals surface area contributed by atoms with E-state index in [9.17, 15) is 9.59 Å². The highest BCUT2D eigenvalue weighted by molar-refractivity contribution is 6.06. The van der Waals surface area contributed by atoms with Gasteiger partial charge in [-0.1, -0.05) is 68.4 Å². The molecule has 1 saturated carbocycles. The fraction of sp³-hybridized carbons (Fsp3) is 0.314. The van der Waals surface area contributed by atoms with Crippen molar-refractivity contribution in [3.8, 4) is 34.0 Å². The zero-order valence-corrected chi connectivity index (χ0v) is 25.9. The van der Waals surface area contributed by atoms with Crippen LogP contribution in [0, 0.1) is 11.3 Å². The molecule has 2 aromatic heterocycles. The van der Waals surface area contributed by atoms with E-state index in [0.717, 1.165) is 29.5 Å². The summed E-state index contributed by atoms with van der Waals surface area (Å²) >= 11 is 0. The van der Waals surface area contributed by atoms with Gasteiger partial charge in [0.05, 0.1) is 16.6 Å². The highest BCUT2D eigenvalue weighted by atomic mass is 16.7. The van der Waals surface area contributed by atoms with Crippen molar-refractivity contribution in [2.24, 2.45) is 11.3 Å². The fourth-order valence-corrected chi connectivity index (χ4v) is 4.92. The van der Waals surface area contributed by atoms with Gasteiger partial charge in [0.1, 0.15) is 11.3 Å². The minimum Gasteiger partial charge on any atom is -0.455 e. The second-order valence-corrected chi connectivity index (χ2v) is 12.6. The summed E-state index contributed by atoms with van der Waals surface area (Å²) in [6.07, 6.45) is 0.812. The molecule has 0 amide bonds. The van der Waals surface area contributed by atoms with Crippen LogP contribution >= 0.6 is 0 Å². The third-order valence-corrected chi connectivity index (χ3v) is 7.54. The number of carbonyl (C=O) groups is 2. The van der Waals surface area contributed by atoms with E-state index in [1.807, 2.05) is 86.6 Å². The van der Waals surface area contributed by atoms with Crippen LogP contribution in [0.3, 0.4) is 0 Å². The molecule has 6 rings (SSSR count). The lowest BCUT2D eigenvalue weighted by molar-refractivity contribution is -0.184. The molecule has 5 aromatic rings. The molecule has 0 spiro atoms. The van der Waals surface area contributed by atoms with E-state index in [1.54, 1.807) is 20.8 Å². The van der Waals surface area contributed by atoms with Gasteiger partial charge < -0.3 is 14.2 Å². The van der Waals surface area contributed by atoms with Gasteiger partial charge in [-0.25, -0.2) is 9.78 Å². The number of rotatable bonds is 9. The first-order chi connectivity index (χ1) is 21.6. The Morgan fingerprint density at radius 2 is 1.58 bits per heavy atom. The van der Waals surface area contributed by atoms with Gasteiger partial charge in [0.2, 0.25) is 12.1 Å². The monoisotopic (exact) mass is 605 g/mol. The summed E-state index contributed by atoms with van der Waals surface area (Å²) in [6, 6.07) is 22.8. The van der Waals surface area contributed by atoms with Crippen molar-refractivity contribution in [3.63, 3.8) is 0 Å². The minimum absolute atomic E-state index is 0.164. The first kappa shape index (κ1) is 29.9. The molecule has 1 N–H and O–H groups in total. The Labute approximate surface area is 261 Å². The zero-order valence-electron chi connectivity index (χ0n) is 25.9. The Morgan fingerprint density at radius 3 is 2.22 bits per heavy atom. The third-order valence-electron chi connectivity index (χ3n) is 7.54. The summed E-state index contributed by atoms with van der Waals surface area (Å²) in [5.41, 5.74) is 3.58. The number of aromatic amines is 1. The first-order valence-corrected chi connectivity index (χ1v) is 15.1. The van der Waals surface area contributed by atoms with Crippen LogP contribution in [0.2, 0.25) is 0 Å². The number of pyridine rings is 1. The van der Waals surface area contributed by atoms with Crippen molar-refractivity contribution in [1.82, 2.24) is 25.6 Å². The first-order valence-electron chi connectivity index (χ1n) is 15.1. The van der Waals surface area contributed by atoms with E-state index in [-0.39, 0.29) is 17.4 Å². The maximum Gasteiger partial charge on any atom is 0.345 e. The van der Waals surface area contributed by atoms with Crippen LogP contribution in [-0.4, -0.2) is 43.8 Å².